The SMILES string of the molecule is CCOc1ccccc1C(O)C(C)c1ccncc1. The highest BCUT2D eigenvalue weighted by molar-refractivity contribution is 5.37. The average molecular weight is 257 g/mol. The Bertz CT molecular complexity index is 513. The van der Waals surface area contributed by atoms with E-state index in [-0.39, 0.29) is 5.92 Å². The smallest absolute Gasteiger partial charge is 0.125 e. The topological polar surface area (TPSA) is 42.4 Å². The van der Waals surface area contributed by atoms with Crippen LogP contribution in [-0.4, -0.2) is 16.7 Å². The van der Waals surface area contributed by atoms with Gasteiger partial charge in [0.1, 0.15) is 5.75 Å². The predicted molar refractivity (Wildman–Crippen MR) is 75.2 cm³/mol. The minimum atomic E-state index is -0.592. The monoisotopic (exact) mass is 257 g/mol. The van der Waals surface area contributed by atoms with E-state index in [1.165, 1.54) is 0 Å². The van der Waals surface area contributed by atoms with Crippen molar-refractivity contribution in [3.05, 3.63) is 59.9 Å². The summed E-state index contributed by atoms with van der Waals surface area (Å²) in [5, 5.41) is 10.5. The molecule has 2 unspecified atom stereocenters. The molecule has 0 bridgehead atoms. The van der Waals surface area contributed by atoms with Gasteiger partial charge >= 0.3 is 0 Å². The lowest BCUT2D eigenvalue weighted by Gasteiger charge is -2.21. The van der Waals surface area contributed by atoms with E-state index in [4.69, 9.17) is 4.74 Å². The fourth-order valence-electron chi connectivity index (χ4n) is 2.13. The van der Waals surface area contributed by atoms with Crippen LogP contribution in [0, 0.1) is 0 Å². The molecule has 0 aliphatic heterocycles. The Morgan fingerprint density at radius 1 is 1.16 bits per heavy atom. The zero-order valence-corrected chi connectivity index (χ0v) is 11.3. The van der Waals surface area contributed by atoms with Gasteiger partial charge in [-0.25, -0.2) is 0 Å². The van der Waals surface area contributed by atoms with Gasteiger partial charge in [0.15, 0.2) is 0 Å². The van der Waals surface area contributed by atoms with Crippen LogP contribution in [0.5, 0.6) is 5.75 Å². The molecule has 0 saturated heterocycles. The Balaban J connectivity index is 2.26. The minimum absolute atomic E-state index is 0.00962. The molecule has 1 heterocycles. The first-order valence-corrected chi connectivity index (χ1v) is 6.53. The van der Waals surface area contributed by atoms with E-state index in [2.05, 4.69) is 4.98 Å². The molecule has 0 spiro atoms. The van der Waals surface area contributed by atoms with Crippen LogP contribution in [0.1, 0.15) is 37.0 Å². The molecule has 100 valence electrons. The quantitative estimate of drug-likeness (QED) is 0.893. The second-order valence-electron chi connectivity index (χ2n) is 4.48. The maximum Gasteiger partial charge on any atom is 0.125 e. The fraction of sp³-hybridized carbons (Fsp3) is 0.312. The number of hydrogen-bond acceptors (Lipinski definition) is 3. The number of pyridine rings is 1. The molecule has 0 radical (unpaired) electrons. The van der Waals surface area contributed by atoms with Crippen LogP contribution < -0.4 is 4.74 Å². The maximum absolute atomic E-state index is 10.5. The number of aliphatic hydroxyl groups excluding tert-OH is 1. The van der Waals surface area contributed by atoms with Crippen LogP contribution in [0.15, 0.2) is 48.8 Å². The van der Waals surface area contributed by atoms with E-state index in [0.717, 1.165) is 16.9 Å². The number of ether oxygens (including phenoxy) is 1. The number of para-hydroxylation sites is 1. The van der Waals surface area contributed by atoms with Crippen molar-refractivity contribution in [3.63, 3.8) is 0 Å². The van der Waals surface area contributed by atoms with Crippen molar-refractivity contribution in [2.24, 2.45) is 0 Å². The van der Waals surface area contributed by atoms with Crippen molar-refractivity contribution in [2.75, 3.05) is 6.61 Å². The molecule has 1 aromatic heterocycles. The van der Waals surface area contributed by atoms with E-state index >= 15 is 0 Å². The Morgan fingerprint density at radius 3 is 2.53 bits per heavy atom. The van der Waals surface area contributed by atoms with E-state index in [1.807, 2.05) is 50.2 Å². The van der Waals surface area contributed by atoms with Crippen LogP contribution in [0.25, 0.3) is 0 Å². The third-order valence-corrected chi connectivity index (χ3v) is 3.24. The molecule has 1 aromatic carbocycles. The molecule has 19 heavy (non-hydrogen) atoms. The first-order chi connectivity index (χ1) is 9.24. The van der Waals surface area contributed by atoms with Gasteiger partial charge in [-0.05, 0) is 30.7 Å². The summed E-state index contributed by atoms with van der Waals surface area (Å²) in [5.74, 6) is 0.739. The summed E-state index contributed by atoms with van der Waals surface area (Å²) in [7, 11) is 0. The standard InChI is InChI=1S/C16H19NO2/c1-3-19-15-7-5-4-6-14(15)16(18)12(2)13-8-10-17-11-9-13/h4-12,16,18H,3H2,1-2H3. The predicted octanol–water partition coefficient (Wildman–Crippen LogP) is 3.32. The van der Waals surface area contributed by atoms with Crippen molar-refractivity contribution in [2.45, 2.75) is 25.9 Å². The summed E-state index contributed by atoms with van der Waals surface area (Å²) < 4.78 is 5.57. The van der Waals surface area contributed by atoms with Gasteiger partial charge in [0.05, 0.1) is 12.7 Å². The molecule has 1 N–H and O–H groups in total. The molecular formula is C16H19NO2. The lowest BCUT2D eigenvalue weighted by Crippen LogP contribution is -2.09. The third-order valence-electron chi connectivity index (χ3n) is 3.24. The van der Waals surface area contributed by atoms with Crippen molar-refractivity contribution in [1.29, 1.82) is 0 Å². The third kappa shape index (κ3) is 3.12. The molecule has 2 atom stereocenters. The van der Waals surface area contributed by atoms with Gasteiger partial charge in [-0.15, -0.1) is 0 Å². The van der Waals surface area contributed by atoms with Crippen molar-refractivity contribution >= 4 is 0 Å². The Kier molecular flexibility index (Phi) is 4.53. The molecule has 0 aliphatic carbocycles. The van der Waals surface area contributed by atoms with Gasteiger partial charge < -0.3 is 9.84 Å². The second-order valence-corrected chi connectivity index (χ2v) is 4.48. The lowest BCUT2D eigenvalue weighted by molar-refractivity contribution is 0.146. The van der Waals surface area contributed by atoms with Crippen LogP contribution in [-0.2, 0) is 0 Å². The van der Waals surface area contributed by atoms with E-state index < -0.39 is 6.10 Å². The summed E-state index contributed by atoms with van der Waals surface area (Å²) >= 11 is 0. The number of nitrogens with zero attached hydrogens (tertiary/aromatic N) is 1. The van der Waals surface area contributed by atoms with Crippen LogP contribution in [0.3, 0.4) is 0 Å². The summed E-state index contributed by atoms with van der Waals surface area (Å²) in [6, 6.07) is 11.5. The zero-order valence-electron chi connectivity index (χ0n) is 11.3. The molecule has 0 aliphatic rings. The normalized spacial score (nSPS) is 13.8. The Labute approximate surface area is 113 Å². The maximum atomic E-state index is 10.5. The lowest BCUT2D eigenvalue weighted by atomic mass is 9.91. The van der Waals surface area contributed by atoms with Gasteiger partial charge in [-0.1, -0.05) is 25.1 Å². The summed E-state index contributed by atoms with van der Waals surface area (Å²) in [5.41, 5.74) is 1.89. The molecule has 3 nitrogen and oxygen atoms in total. The Hall–Kier alpha value is -1.87. The number of aromatic nitrogens is 1. The molecule has 3 heteroatoms. The van der Waals surface area contributed by atoms with E-state index in [9.17, 15) is 5.11 Å². The van der Waals surface area contributed by atoms with E-state index in [0.29, 0.717) is 6.61 Å². The van der Waals surface area contributed by atoms with Crippen LogP contribution in [0.4, 0.5) is 0 Å². The number of rotatable bonds is 5. The van der Waals surface area contributed by atoms with Gasteiger partial charge in [-0.3, -0.25) is 4.98 Å². The molecular weight excluding hydrogens is 238 g/mol. The molecule has 0 saturated carbocycles. The first-order valence-electron chi connectivity index (χ1n) is 6.53. The highest BCUT2D eigenvalue weighted by Gasteiger charge is 2.21. The van der Waals surface area contributed by atoms with Crippen molar-refractivity contribution in [1.82, 2.24) is 4.98 Å². The number of benzene rings is 1. The molecule has 0 fully saturated rings. The zero-order chi connectivity index (χ0) is 13.7. The average Bonchev–Trinajstić information content (AvgIpc) is 2.47. The summed E-state index contributed by atoms with van der Waals surface area (Å²) in [6.45, 7) is 4.53. The van der Waals surface area contributed by atoms with Gasteiger partial charge in [0.25, 0.3) is 0 Å². The summed E-state index contributed by atoms with van der Waals surface area (Å²) in [6.07, 6.45) is 2.89. The van der Waals surface area contributed by atoms with Crippen molar-refractivity contribution in [3.8, 4) is 5.75 Å². The number of hydrogen-bond donors (Lipinski definition) is 1. The van der Waals surface area contributed by atoms with Crippen LogP contribution in [0.2, 0.25) is 0 Å². The minimum Gasteiger partial charge on any atom is -0.493 e. The first kappa shape index (κ1) is 13.6. The fourth-order valence-corrected chi connectivity index (χ4v) is 2.13. The Morgan fingerprint density at radius 2 is 1.84 bits per heavy atom. The van der Waals surface area contributed by atoms with Gasteiger partial charge in [0.2, 0.25) is 0 Å². The van der Waals surface area contributed by atoms with E-state index in [1.54, 1.807) is 12.4 Å². The molecule has 2 aromatic rings. The van der Waals surface area contributed by atoms with Crippen LogP contribution >= 0.6 is 0 Å². The highest BCUT2D eigenvalue weighted by Crippen LogP contribution is 2.35. The molecule has 0 amide bonds. The highest BCUT2D eigenvalue weighted by atomic mass is 16.5. The van der Waals surface area contributed by atoms with Gasteiger partial charge in [0, 0.05) is 23.9 Å². The molecule has 2 rings (SSSR count). The largest absolute Gasteiger partial charge is 0.493 e. The van der Waals surface area contributed by atoms with Crippen molar-refractivity contribution < 1.29 is 9.84 Å². The number of aliphatic hydroxyl groups is 1. The van der Waals surface area contributed by atoms with Gasteiger partial charge in [-0.2, -0.15) is 0 Å². The second kappa shape index (κ2) is 6.34. The summed E-state index contributed by atoms with van der Waals surface area (Å²) in [4.78, 5) is 4.00.